The van der Waals surface area contributed by atoms with Crippen LogP contribution < -0.4 is 0 Å². The number of hydrogen-bond donors (Lipinski definition) is 0. The number of nitrogens with zero attached hydrogens (tertiary/aromatic N) is 1. The summed E-state index contributed by atoms with van der Waals surface area (Å²) in [4.78, 5) is 2.01. The molecule has 0 aromatic heterocycles. The lowest BCUT2D eigenvalue weighted by atomic mass is 10.2. The zero-order valence-corrected chi connectivity index (χ0v) is 6.46. The Hall–Kier alpha value is -0.0400. The highest BCUT2D eigenvalue weighted by atomic mass is 15.2. The quantitative estimate of drug-likeness (QED) is 0.552. The molecule has 2 atom stereocenters. The van der Waals surface area contributed by atoms with E-state index in [0.717, 1.165) is 6.54 Å². The van der Waals surface area contributed by atoms with Gasteiger partial charge in [-0.25, -0.2) is 0 Å². The summed E-state index contributed by atoms with van der Waals surface area (Å²) in [6.07, 6.45) is 0. The topological polar surface area (TPSA) is 3.24 Å². The van der Waals surface area contributed by atoms with Gasteiger partial charge in [0.1, 0.15) is 0 Å². The van der Waals surface area contributed by atoms with Crippen LogP contribution in [0.3, 0.4) is 0 Å². The molecule has 0 heterocycles. The van der Waals surface area contributed by atoms with E-state index in [1.54, 1.807) is 0 Å². The van der Waals surface area contributed by atoms with Gasteiger partial charge in [-0.15, -0.1) is 0 Å². The van der Waals surface area contributed by atoms with Crippen LogP contribution in [0.4, 0.5) is 0 Å². The van der Waals surface area contributed by atoms with Crippen molar-refractivity contribution in [1.29, 1.82) is 0 Å². The van der Waals surface area contributed by atoms with Crippen LogP contribution >= 0.6 is 0 Å². The minimum atomic E-state index is 0.0648. The van der Waals surface area contributed by atoms with Crippen LogP contribution in [0.1, 0.15) is 20.8 Å². The molecule has 0 rings (SSSR count). The van der Waals surface area contributed by atoms with Crippen LogP contribution in [0.5, 0.6) is 0 Å². The maximum absolute atomic E-state index is 5.59. The predicted molar refractivity (Wildman–Crippen MR) is 39.9 cm³/mol. The fourth-order valence-corrected chi connectivity index (χ4v) is 0.947. The van der Waals surface area contributed by atoms with Gasteiger partial charge in [0.05, 0.1) is 0 Å². The van der Waals surface area contributed by atoms with Crippen LogP contribution in [0.2, 0.25) is 0 Å². The summed E-state index contributed by atoms with van der Waals surface area (Å²) in [7, 11) is 0. The molecule has 0 spiro atoms. The van der Waals surface area contributed by atoms with Crippen LogP contribution in [0, 0.1) is 13.8 Å². The molecule has 0 N–H and O–H groups in total. The van der Waals surface area contributed by atoms with Gasteiger partial charge in [0, 0.05) is 12.1 Å². The van der Waals surface area contributed by atoms with Gasteiger partial charge in [-0.05, 0) is 34.2 Å². The predicted octanol–water partition coefficient (Wildman–Crippen LogP) is 1.51. The van der Waals surface area contributed by atoms with Crippen molar-refractivity contribution in [2.75, 3.05) is 6.54 Å². The van der Waals surface area contributed by atoms with Crippen LogP contribution in [-0.2, 0) is 0 Å². The van der Waals surface area contributed by atoms with Crippen molar-refractivity contribution >= 4 is 0 Å². The molecule has 1 heteroatoms. The van der Waals surface area contributed by atoms with E-state index in [1.165, 1.54) is 0 Å². The summed E-state index contributed by atoms with van der Waals surface area (Å²) in [6, 6.07) is 0.130. The molecule has 4 radical (unpaired) electrons. The first-order valence-corrected chi connectivity index (χ1v) is 3.36. The van der Waals surface area contributed by atoms with E-state index in [2.05, 4.69) is 0 Å². The van der Waals surface area contributed by atoms with Gasteiger partial charge in [-0.2, -0.15) is 0 Å². The van der Waals surface area contributed by atoms with Crippen LogP contribution in [-0.4, -0.2) is 23.5 Å². The van der Waals surface area contributed by atoms with E-state index < -0.39 is 0 Å². The standard InChI is InChI=1S/C8H15N/c1-6-9(7(2)3)8(4)5/h2,4,7-8H,6H2,1,3,5H3. The van der Waals surface area contributed by atoms with Gasteiger partial charge in [-0.1, -0.05) is 6.92 Å². The Kier molecular flexibility index (Phi) is 3.87. The molecule has 0 amide bonds. The van der Waals surface area contributed by atoms with Crippen LogP contribution in [0.15, 0.2) is 0 Å². The second-order valence-corrected chi connectivity index (χ2v) is 2.31. The van der Waals surface area contributed by atoms with Crippen LogP contribution in [0.25, 0.3) is 0 Å². The van der Waals surface area contributed by atoms with Crippen molar-refractivity contribution < 1.29 is 0 Å². The Balaban J connectivity index is 3.68. The molecule has 0 saturated heterocycles. The highest BCUT2D eigenvalue weighted by Gasteiger charge is 2.09. The monoisotopic (exact) mass is 125 g/mol. The lowest BCUT2D eigenvalue weighted by Crippen LogP contribution is -2.36. The molecule has 1 nitrogen and oxygen atoms in total. The summed E-state index contributed by atoms with van der Waals surface area (Å²) >= 11 is 0. The molecule has 0 aromatic rings. The maximum Gasteiger partial charge on any atom is 0.0105 e. The normalized spacial score (nSPS) is 12.0. The van der Waals surface area contributed by atoms with E-state index in [-0.39, 0.29) is 12.1 Å². The molecule has 0 aliphatic carbocycles. The summed E-state index contributed by atoms with van der Waals surface area (Å²) in [5.74, 6) is 0. The molecular formula is C8H15N. The van der Waals surface area contributed by atoms with E-state index in [4.69, 9.17) is 13.8 Å². The molecular weight excluding hydrogens is 110 g/mol. The van der Waals surface area contributed by atoms with E-state index in [1.807, 2.05) is 25.7 Å². The fourth-order valence-electron chi connectivity index (χ4n) is 0.947. The zero-order chi connectivity index (χ0) is 7.44. The number of rotatable bonds is 3. The Morgan fingerprint density at radius 1 is 1.22 bits per heavy atom. The first kappa shape index (κ1) is 8.96. The molecule has 0 saturated carbocycles. The summed E-state index contributed by atoms with van der Waals surface area (Å²) in [5.41, 5.74) is 0. The highest BCUT2D eigenvalue weighted by molar-refractivity contribution is 4.74. The van der Waals surface area contributed by atoms with Crippen molar-refractivity contribution in [1.82, 2.24) is 4.90 Å². The minimum absolute atomic E-state index is 0.0648. The van der Waals surface area contributed by atoms with E-state index >= 15 is 0 Å². The molecule has 52 valence electrons. The lowest BCUT2D eigenvalue weighted by Gasteiger charge is -2.28. The Morgan fingerprint density at radius 2 is 1.56 bits per heavy atom. The molecule has 9 heavy (non-hydrogen) atoms. The van der Waals surface area contributed by atoms with Gasteiger partial charge >= 0.3 is 0 Å². The lowest BCUT2D eigenvalue weighted by molar-refractivity contribution is 0.218. The van der Waals surface area contributed by atoms with Gasteiger partial charge in [-0.3, -0.25) is 4.90 Å². The first-order valence-electron chi connectivity index (χ1n) is 3.36. The first-order chi connectivity index (χ1) is 4.09. The van der Waals surface area contributed by atoms with Crippen molar-refractivity contribution in [3.8, 4) is 0 Å². The van der Waals surface area contributed by atoms with Crippen molar-refractivity contribution in [2.24, 2.45) is 0 Å². The van der Waals surface area contributed by atoms with Gasteiger partial charge in [0.2, 0.25) is 0 Å². The Labute approximate surface area is 59.1 Å². The Bertz CT molecular complexity index is 59.0. The second-order valence-electron chi connectivity index (χ2n) is 2.31. The second kappa shape index (κ2) is 3.89. The van der Waals surface area contributed by atoms with Crippen molar-refractivity contribution in [2.45, 2.75) is 32.9 Å². The fraction of sp³-hybridized carbons (Fsp3) is 0.750. The van der Waals surface area contributed by atoms with Gasteiger partial charge < -0.3 is 0 Å². The maximum atomic E-state index is 5.59. The summed E-state index contributed by atoms with van der Waals surface area (Å²) in [6.45, 7) is 18.0. The molecule has 0 aliphatic rings. The van der Waals surface area contributed by atoms with Crippen molar-refractivity contribution in [3.05, 3.63) is 13.8 Å². The van der Waals surface area contributed by atoms with Gasteiger partial charge in [0.25, 0.3) is 0 Å². The third-order valence-corrected chi connectivity index (χ3v) is 1.41. The average Bonchev–Trinajstić information content (AvgIpc) is 1.64. The zero-order valence-electron chi connectivity index (χ0n) is 6.46. The molecule has 0 aliphatic heterocycles. The Morgan fingerprint density at radius 3 is 1.56 bits per heavy atom. The third-order valence-electron chi connectivity index (χ3n) is 1.41. The highest BCUT2D eigenvalue weighted by Crippen LogP contribution is 2.01. The smallest absolute Gasteiger partial charge is 0.0105 e. The largest absolute Gasteiger partial charge is 0.298 e. The van der Waals surface area contributed by atoms with Gasteiger partial charge in [0.15, 0.2) is 0 Å². The SMILES string of the molecule is [CH]C(C)N(CC)C([CH])C. The third kappa shape index (κ3) is 2.85. The van der Waals surface area contributed by atoms with E-state index in [0.29, 0.717) is 0 Å². The summed E-state index contributed by atoms with van der Waals surface area (Å²) < 4.78 is 0. The summed E-state index contributed by atoms with van der Waals surface area (Å²) in [5, 5.41) is 0. The minimum Gasteiger partial charge on any atom is -0.298 e. The van der Waals surface area contributed by atoms with Crippen molar-refractivity contribution in [3.63, 3.8) is 0 Å². The molecule has 0 aromatic carbocycles. The molecule has 2 unspecified atom stereocenters. The number of hydrogen-bond acceptors (Lipinski definition) is 1. The van der Waals surface area contributed by atoms with E-state index in [9.17, 15) is 0 Å². The molecule has 0 bridgehead atoms. The average molecular weight is 125 g/mol. The molecule has 0 fully saturated rings.